The molecule has 1 saturated heterocycles. The van der Waals surface area contributed by atoms with Crippen LogP contribution in [0.1, 0.15) is 37.3 Å². The standard InChI is InChI=1S/C17H25N3/c1-2-9-19-12-17-4-3-10-20(14-17)13-16-7-5-15(11-18)6-8-16/h5-8,17,19H,2-4,9-10,12-14H2,1H3. The second kappa shape index (κ2) is 8.04. The van der Waals surface area contributed by atoms with Gasteiger partial charge in [-0.25, -0.2) is 0 Å². The molecular weight excluding hydrogens is 246 g/mol. The first-order valence-corrected chi connectivity index (χ1v) is 7.74. The van der Waals surface area contributed by atoms with Crippen LogP contribution >= 0.6 is 0 Å². The molecule has 0 radical (unpaired) electrons. The average molecular weight is 271 g/mol. The van der Waals surface area contributed by atoms with Crippen LogP contribution in [-0.2, 0) is 6.54 Å². The molecule has 1 unspecified atom stereocenters. The van der Waals surface area contributed by atoms with Gasteiger partial charge < -0.3 is 5.32 Å². The first-order valence-electron chi connectivity index (χ1n) is 7.74. The van der Waals surface area contributed by atoms with Crippen molar-refractivity contribution in [1.82, 2.24) is 10.2 Å². The minimum absolute atomic E-state index is 0.744. The molecule has 1 aliphatic heterocycles. The topological polar surface area (TPSA) is 39.1 Å². The molecule has 1 heterocycles. The zero-order chi connectivity index (χ0) is 14.2. The Balaban J connectivity index is 1.81. The predicted octanol–water partition coefficient (Wildman–Crippen LogP) is 2.77. The van der Waals surface area contributed by atoms with Crippen molar-refractivity contribution in [2.75, 3.05) is 26.2 Å². The van der Waals surface area contributed by atoms with Crippen LogP contribution in [0.2, 0.25) is 0 Å². The van der Waals surface area contributed by atoms with Crippen LogP contribution in [0.25, 0.3) is 0 Å². The molecule has 0 saturated carbocycles. The Labute approximate surface area is 122 Å². The van der Waals surface area contributed by atoms with Crippen LogP contribution < -0.4 is 5.32 Å². The zero-order valence-corrected chi connectivity index (χ0v) is 12.4. The maximum atomic E-state index is 8.82. The third kappa shape index (κ3) is 4.63. The number of benzene rings is 1. The van der Waals surface area contributed by atoms with E-state index in [2.05, 4.69) is 35.3 Å². The fraction of sp³-hybridized carbons (Fsp3) is 0.588. The van der Waals surface area contributed by atoms with Crippen molar-refractivity contribution < 1.29 is 0 Å². The largest absolute Gasteiger partial charge is 0.316 e. The molecule has 1 atom stereocenters. The lowest BCUT2D eigenvalue weighted by atomic mass is 9.97. The SMILES string of the molecule is CCCNCC1CCCN(Cc2ccc(C#N)cc2)C1. The van der Waals surface area contributed by atoms with Gasteiger partial charge in [0.1, 0.15) is 0 Å². The van der Waals surface area contributed by atoms with E-state index in [0.29, 0.717) is 0 Å². The third-order valence-electron chi connectivity index (χ3n) is 3.95. The number of nitrogens with zero attached hydrogens (tertiary/aromatic N) is 2. The molecule has 20 heavy (non-hydrogen) atoms. The number of hydrogen-bond donors (Lipinski definition) is 1. The molecule has 1 fully saturated rings. The minimum Gasteiger partial charge on any atom is -0.316 e. The van der Waals surface area contributed by atoms with Gasteiger partial charge in [-0.2, -0.15) is 5.26 Å². The van der Waals surface area contributed by atoms with Crippen molar-refractivity contribution in [3.05, 3.63) is 35.4 Å². The van der Waals surface area contributed by atoms with Gasteiger partial charge in [-0.15, -0.1) is 0 Å². The summed E-state index contributed by atoms with van der Waals surface area (Å²) in [6, 6.07) is 10.2. The number of nitriles is 1. The summed E-state index contributed by atoms with van der Waals surface area (Å²) in [5, 5.41) is 12.4. The Morgan fingerprint density at radius 3 is 2.85 bits per heavy atom. The molecule has 2 rings (SSSR count). The average Bonchev–Trinajstić information content (AvgIpc) is 2.49. The molecule has 1 aromatic carbocycles. The molecular formula is C17H25N3. The summed E-state index contributed by atoms with van der Waals surface area (Å²) in [4.78, 5) is 2.54. The first-order chi connectivity index (χ1) is 9.81. The molecule has 108 valence electrons. The number of nitrogens with one attached hydrogen (secondary N) is 1. The van der Waals surface area contributed by atoms with Crippen molar-refractivity contribution in [1.29, 1.82) is 5.26 Å². The van der Waals surface area contributed by atoms with Crippen LogP contribution in [0.15, 0.2) is 24.3 Å². The molecule has 3 nitrogen and oxygen atoms in total. The lowest BCUT2D eigenvalue weighted by Crippen LogP contribution is -2.39. The van der Waals surface area contributed by atoms with Crippen LogP contribution in [-0.4, -0.2) is 31.1 Å². The Morgan fingerprint density at radius 1 is 1.35 bits per heavy atom. The van der Waals surface area contributed by atoms with Gasteiger partial charge in [0.15, 0.2) is 0 Å². The summed E-state index contributed by atoms with van der Waals surface area (Å²) < 4.78 is 0. The maximum Gasteiger partial charge on any atom is 0.0991 e. The number of hydrogen-bond acceptors (Lipinski definition) is 3. The van der Waals surface area contributed by atoms with E-state index >= 15 is 0 Å². The quantitative estimate of drug-likeness (QED) is 0.809. The van der Waals surface area contributed by atoms with Gasteiger partial charge in [0.25, 0.3) is 0 Å². The van der Waals surface area contributed by atoms with E-state index in [0.717, 1.165) is 31.1 Å². The second-order valence-electron chi connectivity index (χ2n) is 5.76. The number of rotatable bonds is 6. The number of likely N-dealkylation sites (tertiary alicyclic amines) is 1. The van der Waals surface area contributed by atoms with E-state index in [1.807, 2.05) is 12.1 Å². The van der Waals surface area contributed by atoms with Gasteiger partial charge in [0.05, 0.1) is 11.6 Å². The maximum absolute atomic E-state index is 8.82. The van der Waals surface area contributed by atoms with E-state index in [4.69, 9.17) is 5.26 Å². The summed E-state index contributed by atoms with van der Waals surface area (Å²) in [6.07, 6.45) is 3.86. The fourth-order valence-electron chi connectivity index (χ4n) is 2.89. The third-order valence-corrected chi connectivity index (χ3v) is 3.95. The van der Waals surface area contributed by atoms with Crippen molar-refractivity contribution >= 4 is 0 Å². The molecule has 0 amide bonds. The van der Waals surface area contributed by atoms with Crippen molar-refractivity contribution in [3.8, 4) is 6.07 Å². The van der Waals surface area contributed by atoms with Crippen molar-refractivity contribution in [2.45, 2.75) is 32.7 Å². The fourth-order valence-corrected chi connectivity index (χ4v) is 2.89. The highest BCUT2D eigenvalue weighted by Gasteiger charge is 2.19. The van der Waals surface area contributed by atoms with Gasteiger partial charge in [-0.1, -0.05) is 19.1 Å². The summed E-state index contributed by atoms with van der Waals surface area (Å²) in [5.74, 6) is 0.786. The summed E-state index contributed by atoms with van der Waals surface area (Å²) in [7, 11) is 0. The lowest BCUT2D eigenvalue weighted by Gasteiger charge is -2.33. The highest BCUT2D eigenvalue weighted by molar-refractivity contribution is 5.31. The highest BCUT2D eigenvalue weighted by atomic mass is 15.1. The van der Waals surface area contributed by atoms with Gasteiger partial charge in [-0.05, 0) is 62.5 Å². The molecule has 1 aromatic rings. The summed E-state index contributed by atoms with van der Waals surface area (Å²) in [6.45, 7) is 7.89. The Morgan fingerprint density at radius 2 is 2.15 bits per heavy atom. The molecule has 0 aliphatic carbocycles. The number of piperidine rings is 1. The molecule has 3 heteroatoms. The van der Waals surface area contributed by atoms with Crippen LogP contribution in [0, 0.1) is 17.2 Å². The smallest absolute Gasteiger partial charge is 0.0991 e. The van der Waals surface area contributed by atoms with Crippen LogP contribution in [0.4, 0.5) is 0 Å². The van der Waals surface area contributed by atoms with Gasteiger partial charge in [-0.3, -0.25) is 4.90 Å². The molecule has 0 bridgehead atoms. The minimum atomic E-state index is 0.744. The van der Waals surface area contributed by atoms with Crippen LogP contribution in [0.5, 0.6) is 0 Å². The monoisotopic (exact) mass is 271 g/mol. The zero-order valence-electron chi connectivity index (χ0n) is 12.4. The van der Waals surface area contributed by atoms with Gasteiger partial charge in [0, 0.05) is 13.1 Å². The van der Waals surface area contributed by atoms with E-state index in [1.165, 1.54) is 37.9 Å². The van der Waals surface area contributed by atoms with E-state index in [1.54, 1.807) is 0 Å². The Bertz CT molecular complexity index is 433. The van der Waals surface area contributed by atoms with E-state index in [-0.39, 0.29) is 0 Å². The highest BCUT2D eigenvalue weighted by Crippen LogP contribution is 2.18. The predicted molar refractivity (Wildman–Crippen MR) is 82.3 cm³/mol. The van der Waals surface area contributed by atoms with Crippen molar-refractivity contribution in [2.24, 2.45) is 5.92 Å². The van der Waals surface area contributed by atoms with Gasteiger partial charge in [0.2, 0.25) is 0 Å². The summed E-state index contributed by atoms with van der Waals surface area (Å²) in [5.41, 5.74) is 2.06. The van der Waals surface area contributed by atoms with E-state index in [9.17, 15) is 0 Å². The van der Waals surface area contributed by atoms with Gasteiger partial charge >= 0.3 is 0 Å². The van der Waals surface area contributed by atoms with Crippen molar-refractivity contribution in [3.63, 3.8) is 0 Å². The van der Waals surface area contributed by atoms with E-state index < -0.39 is 0 Å². The Kier molecular flexibility index (Phi) is 6.04. The molecule has 0 spiro atoms. The molecule has 1 aliphatic rings. The first kappa shape index (κ1) is 15.0. The second-order valence-corrected chi connectivity index (χ2v) is 5.76. The normalized spacial score (nSPS) is 19.7. The molecule has 0 aromatic heterocycles. The van der Waals surface area contributed by atoms with Crippen LogP contribution in [0.3, 0.4) is 0 Å². The Hall–Kier alpha value is -1.37. The molecule has 1 N–H and O–H groups in total. The summed E-state index contributed by atoms with van der Waals surface area (Å²) >= 11 is 0. The lowest BCUT2D eigenvalue weighted by molar-refractivity contribution is 0.165.